The monoisotopic (exact) mass is 419 g/mol. The highest BCUT2D eigenvalue weighted by Gasteiger charge is 2.26. The van der Waals surface area contributed by atoms with Gasteiger partial charge in [0.25, 0.3) is 5.91 Å². The van der Waals surface area contributed by atoms with Gasteiger partial charge in [-0.3, -0.25) is 4.79 Å². The molecule has 0 saturated heterocycles. The van der Waals surface area contributed by atoms with Crippen LogP contribution in [-0.2, 0) is 27.4 Å². The normalized spacial score (nSPS) is 12.5. The largest absolute Gasteiger partial charge is 0.489 e. The van der Waals surface area contributed by atoms with Crippen LogP contribution in [0, 0.1) is 0 Å². The van der Waals surface area contributed by atoms with E-state index < -0.39 is 24.0 Å². The van der Waals surface area contributed by atoms with Crippen LogP contribution in [0.3, 0.4) is 0 Å². The van der Waals surface area contributed by atoms with Crippen LogP contribution in [0.5, 0.6) is 5.75 Å². The molecule has 3 aromatic rings. The molecular formula is C25H25NO5. The first-order chi connectivity index (χ1) is 15.1. The van der Waals surface area contributed by atoms with E-state index in [2.05, 4.69) is 5.32 Å². The number of aliphatic carboxylic acids is 1. The number of carbonyl (C=O) groups is 2. The summed E-state index contributed by atoms with van der Waals surface area (Å²) in [7, 11) is 1.42. The number of carboxylic acids is 1. The van der Waals surface area contributed by atoms with Gasteiger partial charge >= 0.3 is 5.97 Å². The minimum Gasteiger partial charge on any atom is -0.489 e. The van der Waals surface area contributed by atoms with E-state index in [-0.39, 0.29) is 6.42 Å². The minimum absolute atomic E-state index is 0.120. The van der Waals surface area contributed by atoms with Gasteiger partial charge in [0.05, 0.1) is 0 Å². The fourth-order valence-electron chi connectivity index (χ4n) is 3.21. The third-order valence-corrected chi connectivity index (χ3v) is 4.78. The Kier molecular flexibility index (Phi) is 7.79. The standard InChI is InChI=1S/C25H25NO5/c1-30-23(20-12-6-3-7-13-20)24(27)26-22(25(28)29)16-19-11-8-14-21(15-19)31-17-18-9-4-2-5-10-18/h2-15,22-23H,16-17H2,1H3,(H,26,27)(H,28,29)/t22-,23-/m0/s1. The highest BCUT2D eigenvalue weighted by atomic mass is 16.5. The van der Waals surface area contributed by atoms with Crippen molar-refractivity contribution < 1.29 is 24.2 Å². The third kappa shape index (κ3) is 6.42. The van der Waals surface area contributed by atoms with Crippen LogP contribution < -0.4 is 10.1 Å². The molecule has 0 aliphatic rings. The van der Waals surface area contributed by atoms with Crippen LogP contribution in [0.25, 0.3) is 0 Å². The van der Waals surface area contributed by atoms with E-state index in [4.69, 9.17) is 9.47 Å². The number of carbonyl (C=O) groups excluding carboxylic acids is 1. The summed E-state index contributed by atoms with van der Waals surface area (Å²) in [6.45, 7) is 0.413. The molecule has 0 bridgehead atoms. The van der Waals surface area contributed by atoms with Gasteiger partial charge in [0.1, 0.15) is 18.4 Å². The highest BCUT2D eigenvalue weighted by Crippen LogP contribution is 2.19. The zero-order valence-corrected chi connectivity index (χ0v) is 17.2. The van der Waals surface area contributed by atoms with Crippen molar-refractivity contribution >= 4 is 11.9 Å². The summed E-state index contributed by atoms with van der Waals surface area (Å²) in [5, 5.41) is 12.2. The molecule has 0 aliphatic carbocycles. The molecule has 6 heteroatoms. The van der Waals surface area contributed by atoms with E-state index >= 15 is 0 Å². The molecule has 1 amide bonds. The van der Waals surface area contributed by atoms with Gasteiger partial charge in [-0.05, 0) is 28.8 Å². The van der Waals surface area contributed by atoms with Crippen molar-refractivity contribution in [2.45, 2.75) is 25.2 Å². The molecule has 0 fully saturated rings. The number of hydrogen-bond acceptors (Lipinski definition) is 4. The predicted molar refractivity (Wildman–Crippen MR) is 117 cm³/mol. The Bertz CT molecular complexity index is 991. The summed E-state index contributed by atoms with van der Waals surface area (Å²) in [6, 6.07) is 24.8. The minimum atomic E-state index is -1.12. The summed E-state index contributed by atoms with van der Waals surface area (Å²) >= 11 is 0. The van der Waals surface area contributed by atoms with Gasteiger partial charge in [-0.1, -0.05) is 72.8 Å². The van der Waals surface area contributed by atoms with Gasteiger partial charge < -0.3 is 19.9 Å². The smallest absolute Gasteiger partial charge is 0.326 e. The molecular weight excluding hydrogens is 394 g/mol. The van der Waals surface area contributed by atoms with Crippen LogP contribution in [0.2, 0.25) is 0 Å². The Morgan fingerprint density at radius 2 is 1.55 bits per heavy atom. The van der Waals surface area contributed by atoms with E-state index in [1.807, 2.05) is 48.5 Å². The van der Waals surface area contributed by atoms with E-state index in [0.29, 0.717) is 17.9 Å². The first kappa shape index (κ1) is 22.1. The second kappa shape index (κ2) is 10.9. The molecule has 6 nitrogen and oxygen atoms in total. The number of methoxy groups -OCH3 is 1. The van der Waals surface area contributed by atoms with Gasteiger partial charge in [0.2, 0.25) is 0 Å². The molecule has 0 aliphatic heterocycles. The molecule has 2 atom stereocenters. The van der Waals surface area contributed by atoms with Crippen molar-refractivity contribution in [1.82, 2.24) is 5.32 Å². The molecule has 31 heavy (non-hydrogen) atoms. The second-order valence-electron chi connectivity index (χ2n) is 7.05. The molecule has 0 radical (unpaired) electrons. The van der Waals surface area contributed by atoms with Crippen LogP contribution in [0.4, 0.5) is 0 Å². The van der Waals surface area contributed by atoms with Gasteiger partial charge in [-0.25, -0.2) is 4.79 Å². The van der Waals surface area contributed by atoms with Gasteiger partial charge in [0.15, 0.2) is 6.10 Å². The molecule has 0 aromatic heterocycles. The summed E-state index contributed by atoms with van der Waals surface area (Å²) in [6.07, 6.45) is -0.766. The SMILES string of the molecule is CO[C@H](C(=O)N[C@@H](Cc1cccc(OCc2ccccc2)c1)C(=O)O)c1ccccc1. The summed E-state index contributed by atoms with van der Waals surface area (Å²) in [4.78, 5) is 24.5. The van der Waals surface area contributed by atoms with Crippen molar-refractivity contribution in [3.8, 4) is 5.75 Å². The van der Waals surface area contributed by atoms with Crippen molar-refractivity contribution in [2.24, 2.45) is 0 Å². The van der Waals surface area contributed by atoms with Crippen molar-refractivity contribution in [1.29, 1.82) is 0 Å². The van der Waals surface area contributed by atoms with Crippen LogP contribution in [0.15, 0.2) is 84.9 Å². The van der Waals surface area contributed by atoms with Crippen LogP contribution in [-0.4, -0.2) is 30.1 Å². The van der Waals surface area contributed by atoms with E-state index in [1.165, 1.54) is 7.11 Å². The number of nitrogens with one attached hydrogen (secondary N) is 1. The van der Waals surface area contributed by atoms with E-state index in [9.17, 15) is 14.7 Å². The Hall–Kier alpha value is -3.64. The average Bonchev–Trinajstić information content (AvgIpc) is 2.79. The maximum absolute atomic E-state index is 12.7. The predicted octanol–water partition coefficient (Wildman–Crippen LogP) is 3.77. The Labute approximate surface area is 181 Å². The lowest BCUT2D eigenvalue weighted by Gasteiger charge is -2.20. The lowest BCUT2D eigenvalue weighted by molar-refractivity contribution is -0.144. The maximum Gasteiger partial charge on any atom is 0.326 e. The molecule has 0 unspecified atom stereocenters. The fraction of sp³-hybridized carbons (Fsp3) is 0.200. The Morgan fingerprint density at radius 3 is 2.19 bits per heavy atom. The molecule has 0 spiro atoms. The zero-order chi connectivity index (χ0) is 22.1. The number of benzene rings is 3. The number of amides is 1. The van der Waals surface area contributed by atoms with Crippen molar-refractivity contribution in [3.63, 3.8) is 0 Å². The Morgan fingerprint density at radius 1 is 0.903 bits per heavy atom. The first-order valence-corrected chi connectivity index (χ1v) is 9.93. The van der Waals surface area contributed by atoms with Crippen molar-refractivity contribution in [2.75, 3.05) is 7.11 Å². The third-order valence-electron chi connectivity index (χ3n) is 4.78. The molecule has 2 N–H and O–H groups in total. The van der Waals surface area contributed by atoms with Crippen LogP contribution >= 0.6 is 0 Å². The highest BCUT2D eigenvalue weighted by molar-refractivity contribution is 5.87. The second-order valence-corrected chi connectivity index (χ2v) is 7.05. The summed E-state index contributed by atoms with van der Waals surface area (Å²) in [5.74, 6) is -0.986. The van der Waals surface area contributed by atoms with Crippen LogP contribution in [0.1, 0.15) is 22.8 Å². The van der Waals surface area contributed by atoms with Gasteiger partial charge in [-0.15, -0.1) is 0 Å². The number of ether oxygens (including phenoxy) is 2. The summed E-state index contributed by atoms with van der Waals surface area (Å²) < 4.78 is 11.1. The molecule has 3 aromatic carbocycles. The summed E-state index contributed by atoms with van der Waals surface area (Å²) in [5.41, 5.74) is 2.44. The fourth-order valence-corrected chi connectivity index (χ4v) is 3.21. The van der Waals surface area contributed by atoms with Gasteiger partial charge in [-0.2, -0.15) is 0 Å². The first-order valence-electron chi connectivity index (χ1n) is 9.93. The number of carboxylic acid groups (broad SMARTS) is 1. The Balaban J connectivity index is 1.65. The van der Waals surface area contributed by atoms with E-state index in [1.54, 1.807) is 36.4 Å². The lowest BCUT2D eigenvalue weighted by atomic mass is 10.0. The van der Waals surface area contributed by atoms with E-state index in [0.717, 1.165) is 11.1 Å². The molecule has 0 saturated carbocycles. The lowest BCUT2D eigenvalue weighted by Crippen LogP contribution is -2.44. The number of hydrogen-bond donors (Lipinski definition) is 2. The average molecular weight is 419 g/mol. The van der Waals surface area contributed by atoms with Gasteiger partial charge in [0, 0.05) is 13.5 Å². The molecule has 0 heterocycles. The van der Waals surface area contributed by atoms with Crippen molar-refractivity contribution in [3.05, 3.63) is 102 Å². The zero-order valence-electron chi connectivity index (χ0n) is 17.2. The number of rotatable bonds is 10. The molecule has 3 rings (SSSR count). The maximum atomic E-state index is 12.7. The quantitative estimate of drug-likeness (QED) is 0.523. The molecule has 160 valence electrons. The topological polar surface area (TPSA) is 84.9 Å².